The molecule has 4 heteroatoms. The molecule has 0 amide bonds. The number of carbonyl (C=O) groups is 1. The predicted molar refractivity (Wildman–Crippen MR) is 80.9 cm³/mol. The Morgan fingerprint density at radius 2 is 1.95 bits per heavy atom. The van der Waals surface area contributed by atoms with Crippen LogP contribution in [0.1, 0.15) is 44.6 Å². The fraction of sp³-hybridized carbons (Fsp3) is 0.588. The maximum absolute atomic E-state index is 11.8. The Balaban J connectivity index is 1.60. The zero-order chi connectivity index (χ0) is 14.4. The van der Waals surface area contributed by atoms with E-state index in [1.54, 1.807) is 0 Å². The van der Waals surface area contributed by atoms with Crippen molar-refractivity contribution in [2.24, 2.45) is 0 Å². The van der Waals surface area contributed by atoms with Gasteiger partial charge >= 0.3 is 0 Å². The van der Waals surface area contributed by atoms with Crippen LogP contribution in [-0.2, 0) is 15.2 Å². The minimum absolute atomic E-state index is 0.273. The van der Waals surface area contributed by atoms with E-state index < -0.39 is 0 Å². The second-order valence-corrected chi connectivity index (χ2v) is 6.77. The molecule has 0 aromatic heterocycles. The number of nitrogens with one attached hydrogen (secondary N) is 1. The molecule has 0 aliphatic carbocycles. The summed E-state index contributed by atoms with van der Waals surface area (Å²) in [5.41, 5.74) is 2.06. The highest BCUT2D eigenvalue weighted by molar-refractivity contribution is 5.80. The lowest BCUT2D eigenvalue weighted by atomic mass is 9.85. The maximum Gasteiger partial charge on any atom is 0.136 e. The van der Waals surface area contributed by atoms with Gasteiger partial charge in [-0.2, -0.15) is 5.06 Å². The molecular weight excluding hydrogens is 264 g/mol. The van der Waals surface area contributed by atoms with E-state index >= 15 is 0 Å². The van der Waals surface area contributed by atoms with Crippen molar-refractivity contribution in [2.45, 2.75) is 56.7 Å². The molecule has 4 rings (SSSR count). The average molecular weight is 286 g/mol. The first kappa shape index (κ1) is 13.3. The number of hydrogen-bond acceptors (Lipinski definition) is 4. The summed E-state index contributed by atoms with van der Waals surface area (Å²) in [5.74, 6) is 0.402. The van der Waals surface area contributed by atoms with Gasteiger partial charge in [0.05, 0.1) is 0 Å². The number of nitrogens with zero attached hydrogens (tertiary/aromatic N) is 1. The van der Waals surface area contributed by atoms with Gasteiger partial charge in [0.2, 0.25) is 0 Å². The van der Waals surface area contributed by atoms with Crippen molar-refractivity contribution in [3.63, 3.8) is 0 Å². The second-order valence-electron chi connectivity index (χ2n) is 6.77. The number of hydroxylamine groups is 2. The van der Waals surface area contributed by atoms with Gasteiger partial charge in [0, 0.05) is 42.7 Å². The molecule has 3 atom stereocenters. The van der Waals surface area contributed by atoms with Crippen LogP contribution in [0.2, 0.25) is 0 Å². The van der Waals surface area contributed by atoms with Crippen molar-refractivity contribution in [2.75, 3.05) is 11.9 Å². The summed E-state index contributed by atoms with van der Waals surface area (Å²) in [6, 6.07) is 8.90. The van der Waals surface area contributed by atoms with Crippen LogP contribution >= 0.6 is 0 Å². The molecule has 112 valence electrons. The van der Waals surface area contributed by atoms with Gasteiger partial charge < -0.3 is 5.32 Å². The van der Waals surface area contributed by atoms with Crippen LogP contribution in [0.5, 0.6) is 0 Å². The van der Waals surface area contributed by atoms with E-state index in [1.165, 1.54) is 17.7 Å². The van der Waals surface area contributed by atoms with Crippen molar-refractivity contribution < 1.29 is 9.63 Å². The third-order valence-corrected chi connectivity index (χ3v) is 5.14. The molecule has 2 fully saturated rings. The SMILES string of the molecule is CC1(ON2C3CCCC2CC(=O)C3)CNc2ccccc21. The number of ketones is 1. The Bertz CT molecular complexity index is 558. The van der Waals surface area contributed by atoms with Crippen LogP contribution in [0.4, 0.5) is 5.69 Å². The molecule has 0 radical (unpaired) electrons. The lowest BCUT2D eigenvalue weighted by Gasteiger charge is -2.47. The van der Waals surface area contributed by atoms with E-state index in [-0.39, 0.29) is 17.7 Å². The number of anilines is 1. The first-order valence-corrected chi connectivity index (χ1v) is 7.98. The summed E-state index contributed by atoms with van der Waals surface area (Å²) < 4.78 is 0. The van der Waals surface area contributed by atoms with Gasteiger partial charge in [-0.15, -0.1) is 0 Å². The van der Waals surface area contributed by atoms with Crippen molar-refractivity contribution in [3.8, 4) is 0 Å². The van der Waals surface area contributed by atoms with Gasteiger partial charge in [-0.1, -0.05) is 24.6 Å². The normalized spacial score (nSPS) is 35.4. The molecule has 21 heavy (non-hydrogen) atoms. The van der Waals surface area contributed by atoms with E-state index in [4.69, 9.17) is 4.84 Å². The highest BCUT2D eigenvalue weighted by atomic mass is 16.7. The first-order chi connectivity index (χ1) is 10.2. The molecule has 3 aliphatic rings. The van der Waals surface area contributed by atoms with Crippen molar-refractivity contribution in [1.29, 1.82) is 0 Å². The van der Waals surface area contributed by atoms with Gasteiger partial charge in [0.25, 0.3) is 0 Å². The summed E-state index contributed by atoms with van der Waals surface area (Å²) in [6.45, 7) is 2.94. The molecule has 4 nitrogen and oxygen atoms in total. The Hall–Kier alpha value is -1.39. The molecular formula is C17H22N2O2. The molecule has 1 aromatic carbocycles. The average Bonchev–Trinajstić information content (AvgIpc) is 2.78. The maximum atomic E-state index is 11.8. The minimum atomic E-state index is -0.329. The Morgan fingerprint density at radius 1 is 1.24 bits per heavy atom. The number of benzene rings is 1. The lowest BCUT2D eigenvalue weighted by molar-refractivity contribution is -0.294. The minimum Gasteiger partial charge on any atom is -0.381 e. The van der Waals surface area contributed by atoms with Crippen LogP contribution in [0, 0.1) is 0 Å². The second kappa shape index (κ2) is 4.82. The molecule has 2 bridgehead atoms. The smallest absolute Gasteiger partial charge is 0.136 e. The quantitative estimate of drug-likeness (QED) is 0.907. The summed E-state index contributed by atoms with van der Waals surface area (Å²) in [7, 11) is 0. The van der Waals surface area contributed by atoms with Crippen LogP contribution in [0.3, 0.4) is 0 Å². The van der Waals surface area contributed by atoms with Crippen LogP contribution in [-0.4, -0.2) is 29.5 Å². The summed E-state index contributed by atoms with van der Waals surface area (Å²) in [4.78, 5) is 18.3. The van der Waals surface area contributed by atoms with Crippen LogP contribution in [0.15, 0.2) is 24.3 Å². The number of piperidine rings is 2. The fourth-order valence-corrected chi connectivity index (χ4v) is 4.06. The van der Waals surface area contributed by atoms with E-state index in [9.17, 15) is 4.79 Å². The van der Waals surface area contributed by atoms with Crippen LogP contribution < -0.4 is 5.32 Å². The highest BCUT2D eigenvalue weighted by Crippen LogP contribution is 2.41. The van der Waals surface area contributed by atoms with E-state index in [0.717, 1.165) is 19.4 Å². The number of para-hydroxylation sites is 1. The molecule has 0 spiro atoms. The van der Waals surface area contributed by atoms with Gasteiger partial charge in [0.1, 0.15) is 11.4 Å². The zero-order valence-corrected chi connectivity index (χ0v) is 12.5. The Morgan fingerprint density at radius 3 is 2.71 bits per heavy atom. The molecule has 1 aromatic rings. The molecule has 3 heterocycles. The van der Waals surface area contributed by atoms with Gasteiger partial charge in [-0.05, 0) is 25.8 Å². The third kappa shape index (κ3) is 2.17. The van der Waals surface area contributed by atoms with Crippen molar-refractivity contribution >= 4 is 11.5 Å². The number of hydrogen-bond donors (Lipinski definition) is 1. The summed E-state index contributed by atoms with van der Waals surface area (Å²) >= 11 is 0. The lowest BCUT2D eigenvalue weighted by Crippen LogP contribution is -2.55. The number of Topliss-reactive ketones (excluding diaryl/α,β-unsaturated/α-hetero) is 1. The highest BCUT2D eigenvalue weighted by Gasteiger charge is 2.44. The fourth-order valence-electron chi connectivity index (χ4n) is 4.06. The zero-order valence-electron chi connectivity index (χ0n) is 12.5. The largest absolute Gasteiger partial charge is 0.381 e. The third-order valence-electron chi connectivity index (χ3n) is 5.14. The monoisotopic (exact) mass is 286 g/mol. The van der Waals surface area contributed by atoms with Crippen molar-refractivity contribution in [1.82, 2.24) is 5.06 Å². The van der Waals surface area contributed by atoms with E-state index in [0.29, 0.717) is 18.6 Å². The van der Waals surface area contributed by atoms with E-state index in [1.807, 2.05) is 6.07 Å². The van der Waals surface area contributed by atoms with Crippen molar-refractivity contribution in [3.05, 3.63) is 29.8 Å². The summed E-state index contributed by atoms with van der Waals surface area (Å²) in [6.07, 6.45) is 4.68. The van der Waals surface area contributed by atoms with E-state index in [2.05, 4.69) is 35.5 Å². The molecule has 1 N–H and O–H groups in total. The molecule has 3 aliphatic heterocycles. The Labute approximate surface area is 125 Å². The van der Waals surface area contributed by atoms with Gasteiger partial charge in [-0.3, -0.25) is 9.63 Å². The number of rotatable bonds is 2. The van der Waals surface area contributed by atoms with Crippen LogP contribution in [0.25, 0.3) is 0 Å². The molecule has 3 unspecified atom stereocenters. The number of carbonyl (C=O) groups excluding carboxylic acids is 1. The number of fused-ring (bicyclic) bond motifs is 3. The standard InChI is InChI=1S/C17H22N2O2/c1-17(11-18-16-8-3-2-7-15(16)17)21-19-12-5-4-6-13(19)10-14(20)9-12/h2-3,7-8,12-13,18H,4-6,9-11H2,1H3. The van der Waals surface area contributed by atoms with Gasteiger partial charge in [0.15, 0.2) is 0 Å². The Kier molecular flexibility index (Phi) is 3.05. The molecule has 2 saturated heterocycles. The molecule has 0 saturated carbocycles. The summed E-state index contributed by atoms with van der Waals surface area (Å²) in [5, 5.41) is 5.60. The van der Waals surface area contributed by atoms with Gasteiger partial charge in [-0.25, -0.2) is 0 Å². The predicted octanol–water partition coefficient (Wildman–Crippen LogP) is 2.84. The topological polar surface area (TPSA) is 41.6 Å². The first-order valence-electron chi connectivity index (χ1n) is 7.98.